The third kappa shape index (κ3) is 4.84. The standard InChI is InChI=1S/C30H27FN6O2/c31-24-17-22(9-8-21(24)18-36-15-12-20(13-16-36)30(38)39)37-28(23-7-4-14-33-27(23)32)35-26-11-10-25(34-29(26)37)19-5-2-1-3-6-19/h1-11,14,17,20H,12-13,15-16,18H2,(H2,32,33)(H,38,39). The quantitative estimate of drug-likeness (QED) is 0.317. The molecule has 8 nitrogen and oxygen atoms in total. The number of benzene rings is 2. The lowest BCUT2D eigenvalue weighted by atomic mass is 9.97. The topological polar surface area (TPSA) is 110 Å². The van der Waals surface area contributed by atoms with Crippen LogP contribution in [0.4, 0.5) is 10.2 Å². The van der Waals surface area contributed by atoms with E-state index in [4.69, 9.17) is 15.7 Å². The lowest BCUT2D eigenvalue weighted by Crippen LogP contribution is -2.36. The molecule has 1 fully saturated rings. The Hall–Kier alpha value is -4.63. The Balaban J connectivity index is 1.41. The van der Waals surface area contributed by atoms with Crippen LogP contribution in [0.2, 0.25) is 0 Å². The van der Waals surface area contributed by atoms with Crippen molar-refractivity contribution in [2.45, 2.75) is 19.4 Å². The fourth-order valence-electron chi connectivity index (χ4n) is 5.14. The Bertz CT molecular complexity index is 1660. The summed E-state index contributed by atoms with van der Waals surface area (Å²) in [5.41, 5.74) is 10.9. The van der Waals surface area contributed by atoms with Gasteiger partial charge in [-0.15, -0.1) is 0 Å². The van der Waals surface area contributed by atoms with Crippen molar-refractivity contribution in [3.63, 3.8) is 0 Å². The van der Waals surface area contributed by atoms with Gasteiger partial charge in [0.25, 0.3) is 0 Å². The minimum Gasteiger partial charge on any atom is -0.481 e. The summed E-state index contributed by atoms with van der Waals surface area (Å²) >= 11 is 0. The molecule has 2 aromatic carbocycles. The maximum atomic E-state index is 15.5. The normalized spacial score (nSPS) is 14.6. The highest BCUT2D eigenvalue weighted by Crippen LogP contribution is 2.32. The van der Waals surface area contributed by atoms with Crippen LogP contribution in [0.5, 0.6) is 0 Å². The summed E-state index contributed by atoms with van der Waals surface area (Å²) in [6.45, 7) is 1.67. The zero-order valence-corrected chi connectivity index (χ0v) is 21.2. The van der Waals surface area contributed by atoms with Crippen molar-refractivity contribution >= 4 is 23.0 Å². The van der Waals surface area contributed by atoms with E-state index >= 15 is 4.39 Å². The fourth-order valence-corrected chi connectivity index (χ4v) is 5.14. The zero-order chi connectivity index (χ0) is 26.9. The number of aliphatic carboxylic acids is 1. The Morgan fingerprint density at radius 1 is 1.00 bits per heavy atom. The fraction of sp³-hybridized carbons (Fsp3) is 0.200. The number of nitrogens with zero attached hydrogens (tertiary/aromatic N) is 5. The van der Waals surface area contributed by atoms with Gasteiger partial charge >= 0.3 is 5.97 Å². The number of halogens is 1. The summed E-state index contributed by atoms with van der Waals surface area (Å²) in [7, 11) is 0. The van der Waals surface area contributed by atoms with Crippen molar-refractivity contribution in [1.82, 2.24) is 24.4 Å². The van der Waals surface area contributed by atoms with Crippen LogP contribution in [0.25, 0.3) is 39.5 Å². The minimum atomic E-state index is -0.758. The molecule has 3 aromatic heterocycles. The summed E-state index contributed by atoms with van der Waals surface area (Å²) in [6.07, 6.45) is 2.76. The number of pyridine rings is 2. The van der Waals surface area contributed by atoms with E-state index in [0.717, 1.165) is 11.3 Å². The highest BCUT2D eigenvalue weighted by molar-refractivity contribution is 5.84. The Labute approximate surface area is 224 Å². The summed E-state index contributed by atoms with van der Waals surface area (Å²) in [5.74, 6) is -0.587. The van der Waals surface area contributed by atoms with Crippen LogP contribution in [0, 0.1) is 11.7 Å². The molecule has 6 rings (SSSR count). The predicted octanol–water partition coefficient (Wildman–Crippen LogP) is 5.17. The molecular weight excluding hydrogens is 495 g/mol. The van der Waals surface area contributed by atoms with Gasteiger partial charge in [0.1, 0.15) is 17.2 Å². The molecule has 1 saturated heterocycles. The second kappa shape index (κ2) is 10.3. The average Bonchev–Trinajstić information content (AvgIpc) is 3.33. The summed E-state index contributed by atoms with van der Waals surface area (Å²) in [5, 5.41) is 9.26. The number of carboxylic acid groups (broad SMARTS) is 1. The number of nitrogens with two attached hydrogens (primary N) is 1. The first-order valence-electron chi connectivity index (χ1n) is 12.9. The number of rotatable bonds is 6. The third-order valence-electron chi connectivity index (χ3n) is 7.28. The molecule has 1 aliphatic rings. The van der Waals surface area contributed by atoms with Crippen LogP contribution in [0.1, 0.15) is 18.4 Å². The first-order chi connectivity index (χ1) is 19.0. The monoisotopic (exact) mass is 522 g/mol. The van der Waals surface area contributed by atoms with Gasteiger partial charge in [-0.2, -0.15) is 0 Å². The minimum absolute atomic E-state index is 0.319. The zero-order valence-electron chi connectivity index (χ0n) is 21.2. The lowest BCUT2D eigenvalue weighted by Gasteiger charge is -2.30. The molecule has 0 amide bonds. The highest BCUT2D eigenvalue weighted by atomic mass is 19.1. The molecule has 0 aliphatic carbocycles. The van der Waals surface area contributed by atoms with E-state index in [9.17, 15) is 9.90 Å². The van der Waals surface area contributed by atoms with Gasteiger partial charge in [-0.1, -0.05) is 36.4 Å². The van der Waals surface area contributed by atoms with E-state index in [-0.39, 0.29) is 11.7 Å². The van der Waals surface area contributed by atoms with Crippen molar-refractivity contribution < 1.29 is 14.3 Å². The van der Waals surface area contributed by atoms with Crippen molar-refractivity contribution in [1.29, 1.82) is 0 Å². The molecule has 0 bridgehead atoms. The number of carbonyl (C=O) groups is 1. The molecule has 0 atom stereocenters. The molecule has 0 radical (unpaired) electrons. The first kappa shape index (κ1) is 24.7. The van der Waals surface area contributed by atoms with Crippen molar-refractivity contribution in [2.24, 2.45) is 5.92 Å². The average molecular weight is 523 g/mol. The van der Waals surface area contributed by atoms with Crippen LogP contribution in [-0.4, -0.2) is 48.6 Å². The van der Waals surface area contributed by atoms with Gasteiger partial charge < -0.3 is 10.8 Å². The van der Waals surface area contributed by atoms with Gasteiger partial charge in [-0.05, 0) is 62.3 Å². The second-order valence-electron chi connectivity index (χ2n) is 9.78. The van der Waals surface area contributed by atoms with Gasteiger partial charge in [-0.25, -0.2) is 19.3 Å². The lowest BCUT2D eigenvalue weighted by molar-refractivity contribution is -0.143. The number of aromatic nitrogens is 4. The summed E-state index contributed by atoms with van der Waals surface area (Å²) in [4.78, 5) is 27.3. The first-order valence-corrected chi connectivity index (χ1v) is 12.9. The Morgan fingerprint density at radius 2 is 1.79 bits per heavy atom. The number of hydrogen-bond acceptors (Lipinski definition) is 6. The van der Waals surface area contributed by atoms with Crippen molar-refractivity contribution in [2.75, 3.05) is 18.8 Å². The third-order valence-corrected chi connectivity index (χ3v) is 7.28. The summed E-state index contributed by atoms with van der Waals surface area (Å²) in [6, 6.07) is 22.4. The van der Waals surface area contributed by atoms with Gasteiger partial charge in [0.2, 0.25) is 0 Å². The van der Waals surface area contributed by atoms with E-state index in [1.807, 2.05) is 59.2 Å². The van der Waals surface area contributed by atoms with Crippen molar-refractivity contribution in [3.05, 3.63) is 90.4 Å². The number of imidazole rings is 1. The molecule has 9 heteroatoms. The number of fused-ring (bicyclic) bond motifs is 1. The number of piperidine rings is 1. The molecule has 5 aromatic rings. The maximum absolute atomic E-state index is 15.5. The van der Waals surface area contributed by atoms with E-state index in [2.05, 4.69) is 9.88 Å². The SMILES string of the molecule is Nc1ncccc1-c1nc2ccc(-c3ccccc3)nc2n1-c1ccc(CN2CCC(C(=O)O)CC2)c(F)c1. The van der Waals surface area contributed by atoms with Crippen LogP contribution < -0.4 is 5.73 Å². The number of carboxylic acids is 1. The highest BCUT2D eigenvalue weighted by Gasteiger charge is 2.25. The molecule has 4 heterocycles. The van der Waals surface area contributed by atoms with Gasteiger partial charge in [-0.3, -0.25) is 14.3 Å². The van der Waals surface area contributed by atoms with Gasteiger partial charge in [0, 0.05) is 23.9 Å². The molecule has 1 aliphatic heterocycles. The maximum Gasteiger partial charge on any atom is 0.306 e. The number of anilines is 1. The molecule has 196 valence electrons. The smallest absolute Gasteiger partial charge is 0.306 e. The summed E-state index contributed by atoms with van der Waals surface area (Å²) < 4.78 is 17.4. The van der Waals surface area contributed by atoms with E-state index in [1.54, 1.807) is 18.3 Å². The van der Waals surface area contributed by atoms with Crippen molar-refractivity contribution in [3.8, 4) is 28.3 Å². The largest absolute Gasteiger partial charge is 0.481 e. The van der Waals surface area contributed by atoms with Gasteiger partial charge in [0.05, 0.1) is 22.9 Å². The molecule has 0 unspecified atom stereocenters. The molecule has 3 N–H and O–H groups in total. The van der Waals surface area contributed by atoms with E-state index in [1.165, 1.54) is 6.07 Å². The predicted molar refractivity (Wildman–Crippen MR) is 148 cm³/mol. The Kier molecular flexibility index (Phi) is 6.50. The van der Waals surface area contributed by atoms with Crippen LogP contribution >= 0.6 is 0 Å². The molecule has 0 saturated carbocycles. The van der Waals surface area contributed by atoms with Crippen LogP contribution in [0.15, 0.2) is 79.0 Å². The second-order valence-corrected chi connectivity index (χ2v) is 9.78. The molecule has 0 spiro atoms. The molecular formula is C30H27FN6O2. The number of hydrogen-bond donors (Lipinski definition) is 2. The van der Waals surface area contributed by atoms with E-state index < -0.39 is 5.97 Å². The Morgan fingerprint density at radius 3 is 2.51 bits per heavy atom. The van der Waals surface area contributed by atoms with E-state index in [0.29, 0.717) is 72.1 Å². The number of nitrogen functional groups attached to an aromatic ring is 1. The molecule has 39 heavy (non-hydrogen) atoms. The van der Waals surface area contributed by atoms with Gasteiger partial charge in [0.15, 0.2) is 11.5 Å². The van der Waals surface area contributed by atoms with Crippen LogP contribution in [0.3, 0.4) is 0 Å². The van der Waals surface area contributed by atoms with Crippen LogP contribution in [-0.2, 0) is 11.3 Å². The number of likely N-dealkylation sites (tertiary alicyclic amines) is 1.